The van der Waals surface area contributed by atoms with Crippen LogP contribution in [-0.2, 0) is 11.2 Å². The number of piperidine rings is 1. The van der Waals surface area contributed by atoms with E-state index in [1.807, 2.05) is 24.2 Å². The summed E-state index contributed by atoms with van der Waals surface area (Å²) in [4.78, 5) is 14.2. The number of thioether (sulfide) groups is 1. The number of aromatic amines is 1. The number of hydrogen-bond acceptors (Lipinski definition) is 3. The fourth-order valence-corrected chi connectivity index (χ4v) is 3.42. The van der Waals surface area contributed by atoms with Crippen LogP contribution in [0.1, 0.15) is 31.2 Å². The summed E-state index contributed by atoms with van der Waals surface area (Å²) in [6.45, 7) is 1.92. The third-order valence-corrected chi connectivity index (χ3v) is 4.49. The van der Waals surface area contributed by atoms with Crippen LogP contribution in [0.3, 0.4) is 0 Å². The summed E-state index contributed by atoms with van der Waals surface area (Å²) in [5.74, 6) is 2.20. The van der Waals surface area contributed by atoms with Gasteiger partial charge in [-0.1, -0.05) is 0 Å². The van der Waals surface area contributed by atoms with E-state index in [2.05, 4.69) is 21.4 Å². The molecule has 106 valence electrons. The highest BCUT2D eigenvalue weighted by Gasteiger charge is 2.22. The highest BCUT2D eigenvalue weighted by Crippen LogP contribution is 2.20. The lowest BCUT2D eigenvalue weighted by Gasteiger charge is -2.32. The summed E-state index contributed by atoms with van der Waals surface area (Å²) in [7, 11) is 0. The molecule has 0 bridgehead atoms. The first-order valence-corrected chi connectivity index (χ1v) is 8.43. The van der Waals surface area contributed by atoms with Crippen LogP contribution in [0.2, 0.25) is 0 Å². The van der Waals surface area contributed by atoms with Crippen molar-refractivity contribution >= 4 is 17.7 Å². The standard InChI is InChI=1S/C14H23N3OS/c1-19-11-13-5-3-7-17(10-13)14(18)6-2-4-12-8-15-16-9-12/h8-9,13H,2-7,10-11H2,1H3,(H,15,16)/t13-/m1/s1. The molecular formula is C14H23N3OS. The molecule has 1 saturated heterocycles. The molecule has 0 aromatic carbocycles. The van der Waals surface area contributed by atoms with Crippen molar-refractivity contribution < 1.29 is 4.79 Å². The molecule has 1 aliphatic rings. The molecule has 1 aromatic rings. The van der Waals surface area contributed by atoms with E-state index >= 15 is 0 Å². The van der Waals surface area contributed by atoms with Gasteiger partial charge in [-0.2, -0.15) is 16.9 Å². The van der Waals surface area contributed by atoms with Crippen molar-refractivity contribution in [3.05, 3.63) is 18.0 Å². The lowest BCUT2D eigenvalue weighted by atomic mass is 9.99. The highest BCUT2D eigenvalue weighted by atomic mass is 32.2. The predicted octanol–water partition coefficient (Wildman–Crippen LogP) is 2.33. The van der Waals surface area contributed by atoms with Gasteiger partial charge in [0.1, 0.15) is 0 Å². The molecule has 0 spiro atoms. The monoisotopic (exact) mass is 281 g/mol. The van der Waals surface area contributed by atoms with E-state index in [1.165, 1.54) is 24.2 Å². The van der Waals surface area contributed by atoms with E-state index in [-0.39, 0.29) is 0 Å². The van der Waals surface area contributed by atoms with E-state index in [1.54, 1.807) is 0 Å². The van der Waals surface area contributed by atoms with Crippen LogP contribution < -0.4 is 0 Å². The van der Waals surface area contributed by atoms with Gasteiger partial charge in [-0.25, -0.2) is 0 Å². The Morgan fingerprint density at radius 2 is 2.53 bits per heavy atom. The van der Waals surface area contributed by atoms with E-state index in [9.17, 15) is 4.79 Å². The normalized spacial score (nSPS) is 19.6. The molecule has 1 aromatic heterocycles. The van der Waals surface area contributed by atoms with Crippen molar-refractivity contribution in [2.24, 2.45) is 5.92 Å². The summed E-state index contributed by atoms with van der Waals surface area (Å²) < 4.78 is 0. The summed E-state index contributed by atoms with van der Waals surface area (Å²) in [5, 5.41) is 6.72. The number of carbonyl (C=O) groups is 1. The third kappa shape index (κ3) is 4.56. The smallest absolute Gasteiger partial charge is 0.222 e. The molecule has 1 aliphatic heterocycles. The minimum absolute atomic E-state index is 0.328. The second kappa shape index (κ2) is 7.58. The van der Waals surface area contributed by atoms with Crippen LogP contribution >= 0.6 is 11.8 Å². The zero-order valence-electron chi connectivity index (χ0n) is 11.6. The summed E-state index contributed by atoms with van der Waals surface area (Å²) >= 11 is 1.89. The number of H-pyrrole nitrogens is 1. The fourth-order valence-electron chi connectivity index (χ4n) is 2.68. The number of hydrogen-bond donors (Lipinski definition) is 1. The number of likely N-dealkylation sites (tertiary alicyclic amines) is 1. The molecule has 1 N–H and O–H groups in total. The number of rotatable bonds is 6. The summed E-state index contributed by atoms with van der Waals surface area (Å²) in [5.41, 5.74) is 1.19. The predicted molar refractivity (Wildman–Crippen MR) is 79.2 cm³/mol. The molecule has 19 heavy (non-hydrogen) atoms. The minimum atomic E-state index is 0.328. The number of aromatic nitrogens is 2. The molecule has 1 atom stereocenters. The molecule has 2 heterocycles. The topological polar surface area (TPSA) is 49.0 Å². The quantitative estimate of drug-likeness (QED) is 0.870. The Balaban J connectivity index is 1.70. The van der Waals surface area contributed by atoms with Gasteiger partial charge in [0.25, 0.3) is 0 Å². The number of carbonyl (C=O) groups excluding carboxylic acids is 1. The Kier molecular flexibility index (Phi) is 5.76. The maximum Gasteiger partial charge on any atom is 0.222 e. The second-order valence-electron chi connectivity index (χ2n) is 5.26. The zero-order chi connectivity index (χ0) is 13.5. The van der Waals surface area contributed by atoms with Crippen LogP contribution in [-0.4, -0.2) is 46.1 Å². The average Bonchev–Trinajstić information content (AvgIpc) is 2.92. The Bertz CT molecular complexity index is 378. The van der Waals surface area contributed by atoms with Crippen LogP contribution in [0.4, 0.5) is 0 Å². The molecule has 0 radical (unpaired) electrons. The molecule has 1 fully saturated rings. The van der Waals surface area contributed by atoms with Gasteiger partial charge in [-0.3, -0.25) is 9.89 Å². The molecular weight excluding hydrogens is 258 g/mol. The van der Waals surface area contributed by atoms with E-state index in [0.717, 1.165) is 25.9 Å². The first-order valence-electron chi connectivity index (χ1n) is 7.04. The van der Waals surface area contributed by atoms with Gasteiger partial charge in [-0.15, -0.1) is 0 Å². The first-order chi connectivity index (χ1) is 9.29. The fraction of sp³-hybridized carbons (Fsp3) is 0.714. The molecule has 0 unspecified atom stereocenters. The molecule has 2 rings (SSSR count). The number of nitrogens with zero attached hydrogens (tertiary/aromatic N) is 2. The van der Waals surface area contributed by atoms with E-state index < -0.39 is 0 Å². The SMILES string of the molecule is CSC[C@@H]1CCCN(C(=O)CCCc2cn[nH]c2)C1. The number of nitrogens with one attached hydrogen (secondary N) is 1. The number of amides is 1. The molecule has 0 saturated carbocycles. The third-order valence-electron chi connectivity index (χ3n) is 3.69. The van der Waals surface area contributed by atoms with Crippen molar-refractivity contribution in [2.75, 3.05) is 25.1 Å². The maximum atomic E-state index is 12.2. The van der Waals surface area contributed by atoms with Crippen molar-refractivity contribution in [3.63, 3.8) is 0 Å². The van der Waals surface area contributed by atoms with Gasteiger partial charge in [0, 0.05) is 25.7 Å². The Labute approximate surface area is 119 Å². The molecule has 4 nitrogen and oxygen atoms in total. The lowest BCUT2D eigenvalue weighted by Crippen LogP contribution is -2.40. The van der Waals surface area contributed by atoms with Gasteiger partial charge in [0.2, 0.25) is 5.91 Å². The van der Waals surface area contributed by atoms with Crippen molar-refractivity contribution in [1.29, 1.82) is 0 Å². The Morgan fingerprint density at radius 3 is 3.26 bits per heavy atom. The lowest BCUT2D eigenvalue weighted by molar-refractivity contribution is -0.132. The first kappa shape index (κ1) is 14.4. The van der Waals surface area contributed by atoms with Crippen LogP contribution in [0, 0.1) is 5.92 Å². The highest BCUT2D eigenvalue weighted by molar-refractivity contribution is 7.98. The van der Waals surface area contributed by atoms with Gasteiger partial charge in [-0.05, 0) is 49.2 Å². The average molecular weight is 281 g/mol. The number of aryl methyl sites for hydroxylation is 1. The zero-order valence-corrected chi connectivity index (χ0v) is 12.4. The summed E-state index contributed by atoms with van der Waals surface area (Å²) in [6, 6.07) is 0. The molecule has 0 aliphatic carbocycles. The summed E-state index contributed by atoms with van der Waals surface area (Å²) in [6.07, 6.45) is 10.8. The van der Waals surface area contributed by atoms with Gasteiger partial charge in [0.05, 0.1) is 6.20 Å². The largest absolute Gasteiger partial charge is 0.342 e. The van der Waals surface area contributed by atoms with Crippen LogP contribution in [0.15, 0.2) is 12.4 Å². The Morgan fingerprint density at radius 1 is 1.63 bits per heavy atom. The van der Waals surface area contributed by atoms with Gasteiger partial charge >= 0.3 is 0 Å². The van der Waals surface area contributed by atoms with Crippen molar-refractivity contribution in [2.45, 2.75) is 32.1 Å². The van der Waals surface area contributed by atoms with Crippen molar-refractivity contribution in [1.82, 2.24) is 15.1 Å². The van der Waals surface area contributed by atoms with E-state index in [0.29, 0.717) is 18.2 Å². The molecule has 5 heteroatoms. The minimum Gasteiger partial charge on any atom is -0.342 e. The second-order valence-corrected chi connectivity index (χ2v) is 6.17. The van der Waals surface area contributed by atoms with E-state index in [4.69, 9.17) is 0 Å². The maximum absolute atomic E-state index is 12.2. The molecule has 1 amide bonds. The van der Waals surface area contributed by atoms with Crippen LogP contribution in [0.5, 0.6) is 0 Å². The van der Waals surface area contributed by atoms with Gasteiger partial charge in [0.15, 0.2) is 0 Å². The van der Waals surface area contributed by atoms with Crippen LogP contribution in [0.25, 0.3) is 0 Å². The van der Waals surface area contributed by atoms with Crippen molar-refractivity contribution in [3.8, 4) is 0 Å². The van der Waals surface area contributed by atoms with Gasteiger partial charge < -0.3 is 4.90 Å². The Hall–Kier alpha value is -0.970.